The molecule has 2 heteroatoms. The van der Waals surface area contributed by atoms with Gasteiger partial charge in [0.25, 0.3) is 0 Å². The molecule has 0 heterocycles. The van der Waals surface area contributed by atoms with E-state index in [1.165, 1.54) is 29.7 Å². The van der Waals surface area contributed by atoms with E-state index in [0.29, 0.717) is 5.25 Å². The SMILES string of the molecule is CC(N)c1cccc(SC2C=CCCC2)c1. The van der Waals surface area contributed by atoms with Gasteiger partial charge in [-0.1, -0.05) is 24.3 Å². The van der Waals surface area contributed by atoms with Crippen LogP contribution in [-0.2, 0) is 0 Å². The van der Waals surface area contributed by atoms with Gasteiger partial charge in [-0.05, 0) is 43.9 Å². The Morgan fingerprint density at radius 3 is 3.00 bits per heavy atom. The van der Waals surface area contributed by atoms with Crippen LogP contribution in [0.15, 0.2) is 41.3 Å². The quantitative estimate of drug-likeness (QED) is 0.801. The highest BCUT2D eigenvalue weighted by Crippen LogP contribution is 2.31. The lowest BCUT2D eigenvalue weighted by molar-refractivity contribution is 0.741. The first-order valence-electron chi connectivity index (χ1n) is 5.94. The molecule has 0 saturated carbocycles. The predicted molar refractivity (Wildman–Crippen MR) is 71.7 cm³/mol. The maximum absolute atomic E-state index is 5.89. The molecule has 2 N–H and O–H groups in total. The molecule has 0 aliphatic heterocycles. The van der Waals surface area contributed by atoms with Crippen LogP contribution in [0.4, 0.5) is 0 Å². The maximum Gasteiger partial charge on any atom is 0.0274 e. The zero-order valence-electron chi connectivity index (χ0n) is 9.73. The van der Waals surface area contributed by atoms with E-state index >= 15 is 0 Å². The topological polar surface area (TPSA) is 26.0 Å². The third-order valence-corrected chi connectivity index (χ3v) is 4.10. The average molecular weight is 233 g/mol. The van der Waals surface area contributed by atoms with Crippen molar-refractivity contribution in [3.05, 3.63) is 42.0 Å². The smallest absolute Gasteiger partial charge is 0.0274 e. The summed E-state index contributed by atoms with van der Waals surface area (Å²) in [4.78, 5) is 1.34. The molecule has 1 aromatic carbocycles. The van der Waals surface area contributed by atoms with Crippen LogP contribution in [0.2, 0.25) is 0 Å². The van der Waals surface area contributed by atoms with Crippen molar-refractivity contribution in [2.45, 2.75) is 42.4 Å². The lowest BCUT2D eigenvalue weighted by Crippen LogP contribution is -2.05. The number of allylic oxidation sites excluding steroid dienone is 1. The monoisotopic (exact) mass is 233 g/mol. The van der Waals surface area contributed by atoms with Gasteiger partial charge in [-0.25, -0.2) is 0 Å². The van der Waals surface area contributed by atoms with Crippen LogP contribution >= 0.6 is 11.8 Å². The van der Waals surface area contributed by atoms with E-state index in [9.17, 15) is 0 Å². The summed E-state index contributed by atoms with van der Waals surface area (Å²) in [6.45, 7) is 2.03. The van der Waals surface area contributed by atoms with Crippen LogP contribution in [0.25, 0.3) is 0 Å². The Morgan fingerprint density at radius 2 is 2.31 bits per heavy atom. The largest absolute Gasteiger partial charge is 0.324 e. The first kappa shape index (κ1) is 11.7. The molecule has 2 unspecified atom stereocenters. The molecule has 0 fully saturated rings. The Morgan fingerprint density at radius 1 is 1.44 bits per heavy atom. The van der Waals surface area contributed by atoms with E-state index in [4.69, 9.17) is 5.73 Å². The van der Waals surface area contributed by atoms with Crippen LogP contribution in [0.3, 0.4) is 0 Å². The molecule has 1 aromatic rings. The molecule has 0 saturated heterocycles. The van der Waals surface area contributed by atoms with Gasteiger partial charge in [0.1, 0.15) is 0 Å². The normalized spacial score (nSPS) is 22.0. The molecule has 1 nitrogen and oxygen atoms in total. The van der Waals surface area contributed by atoms with E-state index in [0.717, 1.165) is 0 Å². The van der Waals surface area contributed by atoms with Gasteiger partial charge in [0.2, 0.25) is 0 Å². The van der Waals surface area contributed by atoms with Crippen molar-refractivity contribution < 1.29 is 0 Å². The van der Waals surface area contributed by atoms with Crippen molar-refractivity contribution in [3.8, 4) is 0 Å². The molecule has 0 spiro atoms. The third-order valence-electron chi connectivity index (χ3n) is 2.88. The minimum absolute atomic E-state index is 0.127. The van der Waals surface area contributed by atoms with Crippen molar-refractivity contribution in [2.24, 2.45) is 5.73 Å². The van der Waals surface area contributed by atoms with Gasteiger partial charge in [-0.3, -0.25) is 0 Å². The number of thioether (sulfide) groups is 1. The fraction of sp³-hybridized carbons (Fsp3) is 0.429. The zero-order valence-corrected chi connectivity index (χ0v) is 10.5. The highest BCUT2D eigenvalue weighted by molar-refractivity contribution is 8.00. The summed E-state index contributed by atoms with van der Waals surface area (Å²) < 4.78 is 0. The second-order valence-corrected chi connectivity index (χ2v) is 5.69. The van der Waals surface area contributed by atoms with Crippen LogP contribution in [0.1, 0.15) is 37.8 Å². The van der Waals surface area contributed by atoms with E-state index < -0.39 is 0 Å². The Balaban J connectivity index is 2.06. The van der Waals surface area contributed by atoms with Gasteiger partial charge in [0.05, 0.1) is 0 Å². The standard InChI is InChI=1S/C14H19NS/c1-11(15)12-6-5-9-14(10-12)16-13-7-3-2-4-8-13/h3,5-7,9-11,13H,2,4,8,15H2,1H3. The van der Waals surface area contributed by atoms with Crippen LogP contribution in [0.5, 0.6) is 0 Å². The Kier molecular flexibility index (Phi) is 4.08. The van der Waals surface area contributed by atoms with Gasteiger partial charge < -0.3 is 5.73 Å². The van der Waals surface area contributed by atoms with Gasteiger partial charge >= 0.3 is 0 Å². The fourth-order valence-electron chi connectivity index (χ4n) is 1.93. The molecule has 0 amide bonds. The molecule has 86 valence electrons. The van der Waals surface area contributed by atoms with Crippen molar-refractivity contribution in [1.29, 1.82) is 0 Å². The Hall–Kier alpha value is -0.730. The van der Waals surface area contributed by atoms with Crippen LogP contribution in [0, 0.1) is 0 Å². The van der Waals surface area contributed by atoms with Gasteiger partial charge in [0.15, 0.2) is 0 Å². The van der Waals surface area contributed by atoms with E-state index in [2.05, 4.69) is 36.4 Å². The molecular weight excluding hydrogens is 214 g/mol. The molecule has 1 aliphatic carbocycles. The summed E-state index contributed by atoms with van der Waals surface area (Å²) in [5, 5.41) is 0.650. The molecule has 0 bridgehead atoms. The second kappa shape index (κ2) is 5.55. The maximum atomic E-state index is 5.89. The van der Waals surface area contributed by atoms with Crippen molar-refractivity contribution >= 4 is 11.8 Å². The predicted octanol–water partition coefficient (Wildman–Crippen LogP) is 3.91. The summed E-state index contributed by atoms with van der Waals surface area (Å²) in [5.41, 5.74) is 7.12. The first-order chi connectivity index (χ1) is 7.75. The third kappa shape index (κ3) is 3.13. The van der Waals surface area contributed by atoms with E-state index in [1.807, 2.05) is 18.7 Å². The number of rotatable bonds is 3. The number of benzene rings is 1. The minimum Gasteiger partial charge on any atom is -0.324 e. The fourth-order valence-corrected chi connectivity index (χ4v) is 3.11. The van der Waals surface area contributed by atoms with Crippen molar-refractivity contribution in [3.63, 3.8) is 0 Å². The van der Waals surface area contributed by atoms with E-state index in [1.54, 1.807) is 0 Å². The zero-order chi connectivity index (χ0) is 11.4. The van der Waals surface area contributed by atoms with Gasteiger partial charge in [-0.15, -0.1) is 11.8 Å². The Labute approximate surface area is 102 Å². The Bertz CT molecular complexity index is 371. The van der Waals surface area contributed by atoms with Gasteiger partial charge in [-0.2, -0.15) is 0 Å². The van der Waals surface area contributed by atoms with Crippen molar-refractivity contribution in [2.75, 3.05) is 0 Å². The first-order valence-corrected chi connectivity index (χ1v) is 6.82. The summed E-state index contributed by atoms with van der Waals surface area (Å²) in [6.07, 6.45) is 8.50. The molecule has 2 rings (SSSR count). The summed E-state index contributed by atoms with van der Waals surface area (Å²) in [5.74, 6) is 0. The molecule has 0 radical (unpaired) electrons. The molecule has 1 aliphatic rings. The molecule has 16 heavy (non-hydrogen) atoms. The average Bonchev–Trinajstić information content (AvgIpc) is 2.30. The molecule has 2 atom stereocenters. The molecule has 0 aromatic heterocycles. The second-order valence-electron chi connectivity index (χ2n) is 4.38. The number of hydrogen-bond acceptors (Lipinski definition) is 2. The summed E-state index contributed by atoms with van der Waals surface area (Å²) in [6, 6.07) is 8.73. The van der Waals surface area contributed by atoms with Crippen LogP contribution < -0.4 is 5.73 Å². The van der Waals surface area contributed by atoms with Crippen molar-refractivity contribution in [1.82, 2.24) is 0 Å². The number of nitrogens with two attached hydrogens (primary N) is 1. The lowest BCUT2D eigenvalue weighted by atomic mass is 10.1. The summed E-state index contributed by atoms with van der Waals surface area (Å²) in [7, 11) is 0. The summed E-state index contributed by atoms with van der Waals surface area (Å²) >= 11 is 1.95. The van der Waals surface area contributed by atoms with Crippen LogP contribution in [-0.4, -0.2) is 5.25 Å². The molecular formula is C14H19NS. The lowest BCUT2D eigenvalue weighted by Gasteiger charge is -2.16. The highest BCUT2D eigenvalue weighted by atomic mass is 32.2. The minimum atomic E-state index is 0.127. The van der Waals surface area contributed by atoms with Gasteiger partial charge in [0, 0.05) is 16.2 Å². The highest BCUT2D eigenvalue weighted by Gasteiger charge is 2.10. The number of hydrogen-bond donors (Lipinski definition) is 1. The van der Waals surface area contributed by atoms with E-state index in [-0.39, 0.29) is 6.04 Å².